The summed E-state index contributed by atoms with van der Waals surface area (Å²) in [7, 11) is 0. The van der Waals surface area contributed by atoms with Gasteiger partial charge in [0.1, 0.15) is 11.9 Å². The quantitative estimate of drug-likeness (QED) is 0.789. The minimum atomic E-state index is -0.375. The van der Waals surface area contributed by atoms with Crippen LogP contribution in [-0.4, -0.2) is 17.3 Å². The lowest BCUT2D eigenvalue weighted by Gasteiger charge is -2.23. The second kappa shape index (κ2) is 7.54. The fourth-order valence-electron chi connectivity index (χ4n) is 2.46. The Labute approximate surface area is 117 Å². The second-order valence-electron chi connectivity index (χ2n) is 5.59. The molecule has 1 N–H and O–H groups in total. The van der Waals surface area contributed by atoms with Crippen LogP contribution in [0.3, 0.4) is 0 Å². The predicted octanol–water partition coefficient (Wildman–Crippen LogP) is 4.44. The molecule has 19 heavy (non-hydrogen) atoms. The summed E-state index contributed by atoms with van der Waals surface area (Å²) in [5.41, 5.74) is 2.61. The van der Waals surface area contributed by atoms with Crippen molar-refractivity contribution < 1.29 is 9.84 Å². The van der Waals surface area contributed by atoms with E-state index < -0.39 is 0 Å². The van der Waals surface area contributed by atoms with E-state index in [2.05, 4.69) is 46.8 Å². The van der Waals surface area contributed by atoms with E-state index in [0.717, 1.165) is 25.0 Å². The molecule has 0 saturated carbocycles. The van der Waals surface area contributed by atoms with Crippen LogP contribution in [0.4, 0.5) is 0 Å². The van der Waals surface area contributed by atoms with Crippen molar-refractivity contribution in [3.05, 3.63) is 29.3 Å². The van der Waals surface area contributed by atoms with E-state index in [4.69, 9.17) is 4.74 Å². The molecule has 0 aromatic heterocycles. The number of hydrogen-bond acceptors (Lipinski definition) is 2. The first-order valence-electron chi connectivity index (χ1n) is 7.44. The van der Waals surface area contributed by atoms with Crippen LogP contribution >= 0.6 is 0 Å². The lowest BCUT2D eigenvalue weighted by molar-refractivity contribution is 0.0284. The normalized spacial score (nSPS) is 14.5. The van der Waals surface area contributed by atoms with E-state index in [1.165, 1.54) is 11.1 Å². The third-order valence-corrected chi connectivity index (χ3v) is 3.57. The summed E-state index contributed by atoms with van der Waals surface area (Å²) in [6.45, 7) is 10.6. The highest BCUT2D eigenvalue weighted by Crippen LogP contribution is 2.25. The van der Waals surface area contributed by atoms with Gasteiger partial charge in [-0.05, 0) is 48.9 Å². The molecule has 0 fully saturated rings. The number of hydrogen-bond donors (Lipinski definition) is 1. The molecule has 0 aliphatic heterocycles. The number of ether oxygens (including phenoxy) is 1. The van der Waals surface area contributed by atoms with E-state index in [-0.39, 0.29) is 12.2 Å². The predicted molar refractivity (Wildman–Crippen MR) is 80.9 cm³/mol. The van der Waals surface area contributed by atoms with Crippen molar-refractivity contribution in [2.24, 2.45) is 0 Å². The van der Waals surface area contributed by atoms with Crippen molar-refractivity contribution in [3.8, 4) is 5.75 Å². The maximum atomic E-state index is 10.1. The molecule has 0 spiro atoms. The van der Waals surface area contributed by atoms with Gasteiger partial charge in [0.2, 0.25) is 0 Å². The molecule has 0 amide bonds. The van der Waals surface area contributed by atoms with Crippen LogP contribution in [0.1, 0.15) is 64.0 Å². The smallest absolute Gasteiger partial charge is 0.124 e. The van der Waals surface area contributed by atoms with Gasteiger partial charge in [-0.15, -0.1) is 0 Å². The maximum absolute atomic E-state index is 10.1. The number of rotatable bonds is 7. The highest BCUT2D eigenvalue weighted by atomic mass is 16.5. The molecule has 0 aliphatic carbocycles. The molecular formula is C17H28O2. The van der Waals surface area contributed by atoms with Crippen LogP contribution in [0, 0.1) is 6.92 Å². The van der Waals surface area contributed by atoms with Crippen LogP contribution in [0.5, 0.6) is 5.75 Å². The van der Waals surface area contributed by atoms with E-state index in [0.29, 0.717) is 5.92 Å². The Morgan fingerprint density at radius 3 is 2.37 bits per heavy atom. The first kappa shape index (κ1) is 16.0. The van der Waals surface area contributed by atoms with Crippen molar-refractivity contribution in [1.29, 1.82) is 0 Å². The van der Waals surface area contributed by atoms with Gasteiger partial charge in [-0.2, -0.15) is 0 Å². The molecule has 0 bridgehead atoms. The fourth-order valence-corrected chi connectivity index (χ4v) is 2.46. The SMILES string of the molecule is CCCC(O)C(CC)Oc1ccc(C(C)C)c(C)c1. The minimum absolute atomic E-state index is 0.107. The molecule has 2 unspecified atom stereocenters. The summed E-state index contributed by atoms with van der Waals surface area (Å²) < 4.78 is 5.94. The summed E-state index contributed by atoms with van der Waals surface area (Å²) in [4.78, 5) is 0. The second-order valence-corrected chi connectivity index (χ2v) is 5.59. The zero-order valence-electron chi connectivity index (χ0n) is 12.9. The lowest BCUT2D eigenvalue weighted by Crippen LogP contribution is -2.31. The maximum Gasteiger partial charge on any atom is 0.124 e. The molecule has 1 aromatic rings. The van der Waals surface area contributed by atoms with Gasteiger partial charge in [-0.1, -0.05) is 40.2 Å². The van der Waals surface area contributed by atoms with Crippen molar-refractivity contribution in [2.75, 3.05) is 0 Å². The zero-order chi connectivity index (χ0) is 14.4. The van der Waals surface area contributed by atoms with Crippen molar-refractivity contribution in [2.45, 2.75) is 72.0 Å². The highest BCUT2D eigenvalue weighted by Gasteiger charge is 2.18. The van der Waals surface area contributed by atoms with Gasteiger partial charge in [0.15, 0.2) is 0 Å². The average molecular weight is 264 g/mol. The monoisotopic (exact) mass is 264 g/mol. The average Bonchev–Trinajstić information content (AvgIpc) is 2.35. The zero-order valence-corrected chi connectivity index (χ0v) is 12.9. The Kier molecular flexibility index (Phi) is 6.36. The first-order valence-corrected chi connectivity index (χ1v) is 7.44. The summed E-state index contributed by atoms with van der Waals surface area (Å²) in [5, 5.41) is 10.1. The van der Waals surface area contributed by atoms with Crippen LogP contribution < -0.4 is 4.74 Å². The first-order chi connectivity index (χ1) is 8.99. The van der Waals surface area contributed by atoms with Gasteiger partial charge in [0.25, 0.3) is 0 Å². The standard InChI is InChI=1S/C17H28O2/c1-6-8-16(18)17(7-2)19-14-9-10-15(12(3)4)13(5)11-14/h9-12,16-18H,6-8H2,1-5H3. The molecule has 0 saturated heterocycles. The minimum Gasteiger partial charge on any atom is -0.488 e. The van der Waals surface area contributed by atoms with Gasteiger partial charge in [0, 0.05) is 0 Å². The van der Waals surface area contributed by atoms with Gasteiger partial charge >= 0.3 is 0 Å². The Hall–Kier alpha value is -1.02. The topological polar surface area (TPSA) is 29.5 Å². The van der Waals surface area contributed by atoms with E-state index >= 15 is 0 Å². The highest BCUT2D eigenvalue weighted by molar-refractivity contribution is 5.36. The van der Waals surface area contributed by atoms with Crippen molar-refractivity contribution in [3.63, 3.8) is 0 Å². The van der Waals surface area contributed by atoms with E-state index in [9.17, 15) is 5.11 Å². The third-order valence-electron chi connectivity index (χ3n) is 3.57. The Balaban J connectivity index is 2.78. The Morgan fingerprint density at radius 2 is 1.89 bits per heavy atom. The largest absolute Gasteiger partial charge is 0.488 e. The number of aryl methyl sites for hydroxylation is 1. The van der Waals surface area contributed by atoms with E-state index in [1.54, 1.807) is 0 Å². The van der Waals surface area contributed by atoms with Crippen LogP contribution in [0.2, 0.25) is 0 Å². The van der Waals surface area contributed by atoms with E-state index in [1.807, 2.05) is 6.07 Å². The summed E-state index contributed by atoms with van der Waals surface area (Å²) in [6.07, 6.45) is 2.12. The molecule has 0 aliphatic rings. The molecule has 2 nitrogen and oxygen atoms in total. The molecule has 1 aromatic carbocycles. The molecule has 1 rings (SSSR count). The van der Waals surface area contributed by atoms with Crippen molar-refractivity contribution in [1.82, 2.24) is 0 Å². The molecule has 2 heteroatoms. The molecule has 108 valence electrons. The van der Waals surface area contributed by atoms with Gasteiger partial charge in [-0.3, -0.25) is 0 Å². The summed E-state index contributed by atoms with van der Waals surface area (Å²) in [6, 6.07) is 6.23. The lowest BCUT2D eigenvalue weighted by atomic mass is 9.98. The van der Waals surface area contributed by atoms with Crippen LogP contribution in [0.15, 0.2) is 18.2 Å². The Morgan fingerprint density at radius 1 is 1.21 bits per heavy atom. The van der Waals surface area contributed by atoms with Gasteiger partial charge in [0.05, 0.1) is 6.10 Å². The third kappa shape index (κ3) is 4.54. The molecule has 0 radical (unpaired) electrons. The number of aliphatic hydroxyl groups excluding tert-OH is 1. The summed E-state index contributed by atoms with van der Waals surface area (Å²) >= 11 is 0. The molecule has 2 atom stereocenters. The fraction of sp³-hybridized carbons (Fsp3) is 0.647. The van der Waals surface area contributed by atoms with Gasteiger partial charge < -0.3 is 9.84 Å². The van der Waals surface area contributed by atoms with Crippen LogP contribution in [0.25, 0.3) is 0 Å². The number of aliphatic hydroxyl groups is 1. The number of benzene rings is 1. The van der Waals surface area contributed by atoms with Crippen molar-refractivity contribution >= 4 is 0 Å². The Bertz CT molecular complexity index is 385. The van der Waals surface area contributed by atoms with Crippen LogP contribution in [-0.2, 0) is 0 Å². The summed E-state index contributed by atoms with van der Waals surface area (Å²) in [5.74, 6) is 1.39. The molecular weight excluding hydrogens is 236 g/mol. The van der Waals surface area contributed by atoms with Gasteiger partial charge in [-0.25, -0.2) is 0 Å². The molecule has 0 heterocycles.